The maximum atomic E-state index is 4.01. The molecule has 0 aliphatic rings. The van der Waals surface area contributed by atoms with Gasteiger partial charge in [-0.05, 0) is 76.0 Å². The molecule has 21 heavy (non-hydrogen) atoms. The van der Waals surface area contributed by atoms with E-state index in [2.05, 4.69) is 58.7 Å². The molecule has 1 aromatic carbocycles. The molecule has 0 unspecified atom stereocenters. The van der Waals surface area contributed by atoms with Crippen LogP contribution in [0.5, 0.6) is 0 Å². The molecule has 1 aromatic rings. The van der Waals surface area contributed by atoms with Gasteiger partial charge in [-0.1, -0.05) is 34.9 Å². The molecular weight excluding hydrogens is 252 g/mol. The molecule has 0 aliphatic heterocycles. The van der Waals surface area contributed by atoms with Crippen LogP contribution in [0.15, 0.2) is 54.7 Å². The van der Waals surface area contributed by atoms with Gasteiger partial charge < -0.3 is 0 Å². The predicted molar refractivity (Wildman–Crippen MR) is 95.8 cm³/mol. The van der Waals surface area contributed by atoms with Gasteiger partial charge in [0.15, 0.2) is 0 Å². The molecule has 0 amide bonds. The van der Waals surface area contributed by atoms with Gasteiger partial charge in [0.25, 0.3) is 0 Å². The van der Waals surface area contributed by atoms with Gasteiger partial charge in [0.05, 0.1) is 0 Å². The minimum absolute atomic E-state index is 1.07. The summed E-state index contributed by atoms with van der Waals surface area (Å²) in [6.07, 6.45) is 6.50. The average molecular weight is 282 g/mol. The lowest BCUT2D eigenvalue weighted by Crippen LogP contribution is -1.96. The fraction of sp³-hybridized carbons (Fsp3) is 0.429. The molecule has 0 nitrogen and oxygen atoms in total. The smallest absolute Gasteiger partial charge is 0.0241 e. The van der Waals surface area contributed by atoms with Crippen molar-refractivity contribution >= 4 is 0 Å². The molecule has 0 N–H and O–H groups in total. The number of hydrogen-bond acceptors (Lipinski definition) is 0. The van der Waals surface area contributed by atoms with E-state index >= 15 is 0 Å². The summed E-state index contributed by atoms with van der Waals surface area (Å²) in [5, 5.41) is 0. The van der Waals surface area contributed by atoms with Crippen molar-refractivity contribution in [1.29, 1.82) is 0 Å². The number of allylic oxidation sites excluding steroid dienone is 3. The molecule has 0 aromatic heterocycles. The van der Waals surface area contributed by atoms with Crippen LogP contribution in [0.1, 0.15) is 56.7 Å². The first-order valence-corrected chi connectivity index (χ1v) is 7.91. The Morgan fingerprint density at radius 3 is 1.05 bits per heavy atom. The molecule has 0 fully saturated rings. The van der Waals surface area contributed by atoms with Gasteiger partial charge in [-0.3, -0.25) is 0 Å². The average Bonchev–Trinajstić information content (AvgIpc) is 2.40. The van der Waals surface area contributed by atoms with Crippen molar-refractivity contribution in [3.8, 4) is 0 Å². The van der Waals surface area contributed by atoms with E-state index in [9.17, 15) is 0 Å². The fourth-order valence-corrected chi connectivity index (χ4v) is 2.35. The van der Waals surface area contributed by atoms with Crippen molar-refractivity contribution < 1.29 is 0 Å². The predicted octanol–water partition coefficient (Wildman–Crippen LogP) is 6.21. The van der Waals surface area contributed by atoms with Gasteiger partial charge in [0, 0.05) is 0 Å². The molecule has 0 spiro atoms. The van der Waals surface area contributed by atoms with E-state index in [-0.39, 0.29) is 0 Å². The van der Waals surface area contributed by atoms with E-state index in [0.29, 0.717) is 0 Å². The maximum Gasteiger partial charge on any atom is -0.0241 e. The summed E-state index contributed by atoms with van der Waals surface area (Å²) < 4.78 is 0. The van der Waals surface area contributed by atoms with E-state index in [1.807, 2.05) is 0 Å². The van der Waals surface area contributed by atoms with Gasteiger partial charge in [0.1, 0.15) is 0 Å². The highest BCUT2D eigenvalue weighted by molar-refractivity contribution is 5.32. The highest BCUT2D eigenvalue weighted by Gasteiger charge is 2.03. The zero-order valence-corrected chi connectivity index (χ0v) is 14.1. The third-order valence-corrected chi connectivity index (χ3v) is 3.63. The normalized spacial score (nSPS) is 10.4. The van der Waals surface area contributed by atoms with Crippen LogP contribution in [0, 0.1) is 0 Å². The number of rotatable bonds is 9. The zero-order chi connectivity index (χ0) is 15.8. The lowest BCUT2D eigenvalue weighted by molar-refractivity contribution is 0.892. The second kappa shape index (κ2) is 8.67. The van der Waals surface area contributed by atoms with Crippen LogP contribution in [-0.2, 0) is 19.3 Å². The quantitative estimate of drug-likeness (QED) is 0.472. The summed E-state index contributed by atoms with van der Waals surface area (Å²) in [4.78, 5) is 0. The van der Waals surface area contributed by atoms with Crippen LogP contribution in [0.2, 0.25) is 0 Å². The molecule has 0 saturated heterocycles. The summed E-state index contributed by atoms with van der Waals surface area (Å²) >= 11 is 0. The van der Waals surface area contributed by atoms with Crippen LogP contribution >= 0.6 is 0 Å². The van der Waals surface area contributed by atoms with Crippen LogP contribution in [0.25, 0.3) is 0 Å². The van der Waals surface area contributed by atoms with Crippen LogP contribution < -0.4 is 0 Å². The minimum Gasteiger partial charge on any atom is -0.100 e. The SMILES string of the molecule is C=C(C)CCc1cc(CCC(=C)C)cc(CCC(=C)C)c1. The lowest BCUT2D eigenvalue weighted by Gasteiger charge is -2.11. The summed E-state index contributed by atoms with van der Waals surface area (Å²) in [5.41, 5.74) is 8.08. The number of aryl methyl sites for hydroxylation is 3. The summed E-state index contributed by atoms with van der Waals surface area (Å²) in [6.45, 7) is 18.3. The van der Waals surface area contributed by atoms with Gasteiger partial charge in [-0.15, -0.1) is 19.7 Å². The molecule has 0 aliphatic carbocycles. The van der Waals surface area contributed by atoms with Crippen molar-refractivity contribution in [1.82, 2.24) is 0 Å². The van der Waals surface area contributed by atoms with Gasteiger partial charge >= 0.3 is 0 Å². The zero-order valence-electron chi connectivity index (χ0n) is 14.1. The topological polar surface area (TPSA) is 0 Å². The monoisotopic (exact) mass is 282 g/mol. The highest BCUT2D eigenvalue weighted by Crippen LogP contribution is 2.18. The van der Waals surface area contributed by atoms with Gasteiger partial charge in [-0.2, -0.15) is 0 Å². The van der Waals surface area contributed by atoms with Crippen molar-refractivity contribution in [3.63, 3.8) is 0 Å². The Balaban J connectivity index is 2.86. The van der Waals surface area contributed by atoms with E-state index in [1.165, 1.54) is 33.4 Å². The van der Waals surface area contributed by atoms with E-state index < -0.39 is 0 Å². The molecular formula is C21H30. The minimum atomic E-state index is 1.07. The number of hydrogen-bond donors (Lipinski definition) is 0. The lowest BCUT2D eigenvalue weighted by atomic mass is 9.95. The Bertz CT molecular complexity index is 428. The Morgan fingerprint density at radius 2 is 0.857 bits per heavy atom. The van der Waals surface area contributed by atoms with Crippen molar-refractivity contribution in [3.05, 3.63) is 71.3 Å². The Hall–Kier alpha value is -1.56. The molecule has 0 heterocycles. The molecule has 0 heteroatoms. The second-order valence-corrected chi connectivity index (χ2v) is 6.53. The summed E-state index contributed by atoms with van der Waals surface area (Å²) in [7, 11) is 0. The highest BCUT2D eigenvalue weighted by atomic mass is 14.1. The van der Waals surface area contributed by atoms with Crippen molar-refractivity contribution in [2.24, 2.45) is 0 Å². The first-order chi connectivity index (χ1) is 9.86. The second-order valence-electron chi connectivity index (χ2n) is 6.53. The van der Waals surface area contributed by atoms with E-state index in [1.54, 1.807) is 0 Å². The van der Waals surface area contributed by atoms with Crippen molar-refractivity contribution in [2.45, 2.75) is 59.3 Å². The third kappa shape index (κ3) is 7.70. The standard InChI is InChI=1S/C21H30/c1-16(2)7-10-19-13-20(11-8-17(3)4)15-21(14-19)12-9-18(5)6/h13-15H,1,3,5,7-12H2,2,4,6H3. The molecule has 114 valence electrons. The van der Waals surface area contributed by atoms with Crippen molar-refractivity contribution in [2.75, 3.05) is 0 Å². The molecule has 0 bridgehead atoms. The Labute approximate surface area is 131 Å². The van der Waals surface area contributed by atoms with Crippen LogP contribution in [0.3, 0.4) is 0 Å². The number of benzene rings is 1. The molecule has 0 atom stereocenters. The first-order valence-electron chi connectivity index (χ1n) is 7.91. The van der Waals surface area contributed by atoms with E-state index in [4.69, 9.17) is 0 Å². The molecule has 0 radical (unpaired) electrons. The van der Waals surface area contributed by atoms with E-state index in [0.717, 1.165) is 38.5 Å². The Morgan fingerprint density at radius 1 is 0.619 bits per heavy atom. The first kappa shape index (κ1) is 17.5. The Kier molecular flexibility index (Phi) is 7.22. The largest absolute Gasteiger partial charge is 0.100 e. The van der Waals surface area contributed by atoms with Gasteiger partial charge in [-0.25, -0.2) is 0 Å². The molecule has 1 rings (SSSR count). The molecule has 0 saturated carbocycles. The maximum absolute atomic E-state index is 4.01. The summed E-state index contributed by atoms with van der Waals surface area (Å²) in [5.74, 6) is 0. The van der Waals surface area contributed by atoms with Crippen LogP contribution in [-0.4, -0.2) is 0 Å². The van der Waals surface area contributed by atoms with Crippen LogP contribution in [0.4, 0.5) is 0 Å². The summed E-state index contributed by atoms with van der Waals surface area (Å²) in [6, 6.07) is 7.07. The fourth-order valence-electron chi connectivity index (χ4n) is 2.35. The van der Waals surface area contributed by atoms with Gasteiger partial charge in [0.2, 0.25) is 0 Å². The third-order valence-electron chi connectivity index (χ3n) is 3.63.